The van der Waals surface area contributed by atoms with E-state index >= 15 is 0 Å². The molecular weight excluding hydrogens is 310 g/mol. The summed E-state index contributed by atoms with van der Waals surface area (Å²) in [5.41, 5.74) is 0.104. The number of urea groups is 1. The molecule has 24 heavy (non-hydrogen) atoms. The van der Waals surface area contributed by atoms with Crippen molar-refractivity contribution in [2.45, 2.75) is 20.3 Å². The molecule has 7 heteroatoms. The second-order valence-corrected chi connectivity index (χ2v) is 6.37. The summed E-state index contributed by atoms with van der Waals surface area (Å²) in [6, 6.07) is 6.37. The zero-order chi connectivity index (χ0) is 17.9. The van der Waals surface area contributed by atoms with Crippen molar-refractivity contribution in [3.63, 3.8) is 0 Å². The molecule has 7 nitrogen and oxygen atoms in total. The summed E-state index contributed by atoms with van der Waals surface area (Å²) in [6.45, 7) is 4.69. The topological polar surface area (TPSA) is 90.0 Å². The van der Waals surface area contributed by atoms with E-state index in [-0.39, 0.29) is 18.5 Å². The Morgan fingerprint density at radius 1 is 1.38 bits per heavy atom. The highest BCUT2D eigenvalue weighted by Gasteiger charge is 2.42. The molecule has 1 aliphatic rings. The van der Waals surface area contributed by atoms with Crippen molar-refractivity contribution < 1.29 is 19.5 Å². The standard InChI is InChI=1S/C17H23N3O4/c1-4-19(3)14(21)12-6-5-7-13(10-12)18-16(24)20-9-8-17(2,11-20)15(22)23/h5-7,10H,4,8-9,11H2,1-3H3,(H,18,24)(H,22,23). The third-order valence-corrected chi connectivity index (χ3v) is 4.46. The fourth-order valence-corrected chi connectivity index (χ4v) is 2.61. The van der Waals surface area contributed by atoms with Crippen LogP contribution in [0.1, 0.15) is 30.6 Å². The lowest BCUT2D eigenvalue weighted by Crippen LogP contribution is -2.37. The molecule has 2 rings (SSSR count). The zero-order valence-corrected chi connectivity index (χ0v) is 14.2. The highest BCUT2D eigenvalue weighted by Crippen LogP contribution is 2.30. The number of likely N-dealkylation sites (tertiary alicyclic amines) is 1. The largest absolute Gasteiger partial charge is 0.481 e. The maximum atomic E-state index is 12.3. The summed E-state index contributed by atoms with van der Waals surface area (Å²) in [4.78, 5) is 38.8. The van der Waals surface area contributed by atoms with Crippen LogP contribution in [0.2, 0.25) is 0 Å². The van der Waals surface area contributed by atoms with E-state index < -0.39 is 11.4 Å². The Labute approximate surface area is 141 Å². The van der Waals surface area contributed by atoms with Gasteiger partial charge in [-0.15, -0.1) is 0 Å². The van der Waals surface area contributed by atoms with Crippen molar-refractivity contribution in [1.82, 2.24) is 9.80 Å². The molecule has 1 unspecified atom stereocenters. The molecule has 0 saturated carbocycles. The van der Waals surface area contributed by atoms with Gasteiger partial charge in [0, 0.05) is 37.9 Å². The van der Waals surface area contributed by atoms with E-state index in [4.69, 9.17) is 0 Å². The number of rotatable bonds is 4. The fourth-order valence-electron chi connectivity index (χ4n) is 2.61. The van der Waals surface area contributed by atoms with Crippen LogP contribution in [-0.4, -0.2) is 59.5 Å². The molecule has 0 bridgehead atoms. The number of carboxylic acid groups (broad SMARTS) is 1. The fraction of sp³-hybridized carbons (Fsp3) is 0.471. The van der Waals surface area contributed by atoms with Gasteiger partial charge in [0.15, 0.2) is 0 Å². The normalized spacial score (nSPS) is 19.9. The molecule has 1 aromatic carbocycles. The third kappa shape index (κ3) is 3.67. The van der Waals surface area contributed by atoms with Gasteiger partial charge in [0.2, 0.25) is 0 Å². The van der Waals surface area contributed by atoms with Crippen LogP contribution >= 0.6 is 0 Å². The van der Waals surface area contributed by atoms with E-state index in [0.29, 0.717) is 30.8 Å². The second kappa shape index (κ2) is 6.90. The number of amides is 3. The first kappa shape index (κ1) is 17.8. The number of benzene rings is 1. The Balaban J connectivity index is 2.05. The lowest BCUT2D eigenvalue weighted by molar-refractivity contribution is -0.146. The predicted molar refractivity (Wildman–Crippen MR) is 90.0 cm³/mol. The van der Waals surface area contributed by atoms with E-state index in [1.165, 1.54) is 4.90 Å². The van der Waals surface area contributed by atoms with Gasteiger partial charge in [-0.05, 0) is 38.5 Å². The average molecular weight is 333 g/mol. The Kier molecular flexibility index (Phi) is 5.11. The van der Waals surface area contributed by atoms with Crippen molar-refractivity contribution in [1.29, 1.82) is 0 Å². The Morgan fingerprint density at radius 3 is 2.67 bits per heavy atom. The molecule has 3 amide bonds. The molecule has 0 radical (unpaired) electrons. The molecular formula is C17H23N3O4. The van der Waals surface area contributed by atoms with Gasteiger partial charge in [-0.25, -0.2) is 4.79 Å². The Hall–Kier alpha value is -2.57. The highest BCUT2D eigenvalue weighted by atomic mass is 16.4. The number of carbonyl (C=O) groups excluding carboxylic acids is 2. The van der Waals surface area contributed by atoms with Crippen molar-refractivity contribution in [3.05, 3.63) is 29.8 Å². The number of carbonyl (C=O) groups is 3. The van der Waals surface area contributed by atoms with Gasteiger partial charge >= 0.3 is 12.0 Å². The molecule has 0 aromatic heterocycles. The molecule has 2 N–H and O–H groups in total. The number of aliphatic carboxylic acids is 1. The summed E-state index contributed by atoms with van der Waals surface area (Å²) >= 11 is 0. The molecule has 1 aromatic rings. The van der Waals surface area contributed by atoms with Gasteiger partial charge in [-0.3, -0.25) is 9.59 Å². The average Bonchev–Trinajstić information content (AvgIpc) is 2.97. The van der Waals surface area contributed by atoms with Crippen LogP contribution in [-0.2, 0) is 4.79 Å². The van der Waals surface area contributed by atoms with E-state index in [1.54, 1.807) is 43.1 Å². The first-order chi connectivity index (χ1) is 11.3. The number of nitrogens with zero attached hydrogens (tertiary/aromatic N) is 2. The number of carboxylic acids is 1. The van der Waals surface area contributed by atoms with Gasteiger partial charge in [-0.1, -0.05) is 6.07 Å². The number of anilines is 1. The number of hydrogen-bond acceptors (Lipinski definition) is 3. The minimum absolute atomic E-state index is 0.117. The molecule has 1 atom stereocenters. The quantitative estimate of drug-likeness (QED) is 0.883. The molecule has 130 valence electrons. The van der Waals surface area contributed by atoms with E-state index in [9.17, 15) is 19.5 Å². The Bertz CT molecular complexity index is 661. The lowest BCUT2D eigenvalue weighted by Gasteiger charge is -2.21. The van der Waals surface area contributed by atoms with Crippen LogP contribution in [0.25, 0.3) is 0 Å². The van der Waals surface area contributed by atoms with Crippen molar-refractivity contribution in [2.75, 3.05) is 32.0 Å². The first-order valence-corrected chi connectivity index (χ1v) is 7.91. The third-order valence-electron chi connectivity index (χ3n) is 4.46. The van der Waals surface area contributed by atoms with Crippen LogP contribution in [0.3, 0.4) is 0 Å². The summed E-state index contributed by atoms with van der Waals surface area (Å²) in [5.74, 6) is -1.01. The zero-order valence-electron chi connectivity index (χ0n) is 14.2. The summed E-state index contributed by atoms with van der Waals surface area (Å²) in [5, 5.41) is 12.0. The monoisotopic (exact) mass is 333 g/mol. The van der Waals surface area contributed by atoms with Gasteiger partial charge in [-0.2, -0.15) is 0 Å². The van der Waals surface area contributed by atoms with Crippen LogP contribution in [0.4, 0.5) is 10.5 Å². The maximum absolute atomic E-state index is 12.3. The molecule has 0 aliphatic carbocycles. The molecule has 1 heterocycles. The van der Waals surface area contributed by atoms with Crippen molar-refractivity contribution in [3.8, 4) is 0 Å². The SMILES string of the molecule is CCN(C)C(=O)c1cccc(NC(=O)N2CCC(C)(C(=O)O)C2)c1. The van der Waals surface area contributed by atoms with Gasteiger partial charge < -0.3 is 20.2 Å². The summed E-state index contributed by atoms with van der Waals surface area (Å²) < 4.78 is 0. The summed E-state index contributed by atoms with van der Waals surface area (Å²) in [7, 11) is 1.71. The summed E-state index contributed by atoms with van der Waals surface area (Å²) in [6.07, 6.45) is 0.426. The highest BCUT2D eigenvalue weighted by molar-refractivity contribution is 5.97. The molecule has 1 fully saturated rings. The minimum Gasteiger partial charge on any atom is -0.481 e. The van der Waals surface area contributed by atoms with E-state index in [2.05, 4.69) is 5.32 Å². The first-order valence-electron chi connectivity index (χ1n) is 7.91. The van der Waals surface area contributed by atoms with Crippen LogP contribution in [0.15, 0.2) is 24.3 Å². The van der Waals surface area contributed by atoms with Gasteiger partial charge in [0.1, 0.15) is 0 Å². The van der Waals surface area contributed by atoms with Crippen LogP contribution in [0.5, 0.6) is 0 Å². The van der Waals surface area contributed by atoms with Crippen LogP contribution < -0.4 is 5.32 Å². The van der Waals surface area contributed by atoms with Crippen LogP contribution in [0, 0.1) is 5.41 Å². The van der Waals surface area contributed by atoms with E-state index in [0.717, 1.165) is 0 Å². The van der Waals surface area contributed by atoms with Gasteiger partial charge in [0.25, 0.3) is 5.91 Å². The molecule has 1 aliphatic heterocycles. The lowest BCUT2D eigenvalue weighted by atomic mass is 9.90. The molecule has 1 saturated heterocycles. The number of nitrogens with one attached hydrogen (secondary N) is 1. The number of hydrogen-bond donors (Lipinski definition) is 2. The minimum atomic E-state index is -0.904. The smallest absolute Gasteiger partial charge is 0.321 e. The van der Waals surface area contributed by atoms with Crippen molar-refractivity contribution in [2.24, 2.45) is 5.41 Å². The Morgan fingerprint density at radius 2 is 2.08 bits per heavy atom. The second-order valence-electron chi connectivity index (χ2n) is 6.37. The molecule has 0 spiro atoms. The van der Waals surface area contributed by atoms with E-state index in [1.807, 2.05) is 6.92 Å². The maximum Gasteiger partial charge on any atom is 0.321 e. The van der Waals surface area contributed by atoms with Crippen molar-refractivity contribution >= 4 is 23.6 Å². The van der Waals surface area contributed by atoms with Gasteiger partial charge in [0.05, 0.1) is 5.41 Å². The predicted octanol–water partition coefficient (Wildman–Crippen LogP) is 2.11.